The molecule has 0 aromatic rings. The summed E-state index contributed by atoms with van der Waals surface area (Å²) >= 11 is 0. The van der Waals surface area contributed by atoms with Gasteiger partial charge in [-0.3, -0.25) is 19.2 Å². The van der Waals surface area contributed by atoms with Crippen molar-refractivity contribution in [1.82, 2.24) is 15.1 Å². The Labute approximate surface area is 309 Å². The molecule has 9 heteroatoms. The Balaban J connectivity index is 1.70. The minimum atomic E-state index is -0.599. The number of hydrogen-bond donors (Lipinski definition) is 1. The molecule has 0 aromatic heterocycles. The number of ether oxygens (including phenoxy) is 2. The van der Waals surface area contributed by atoms with E-state index in [9.17, 15) is 19.2 Å². The second kappa shape index (κ2) is 20.6. The van der Waals surface area contributed by atoms with E-state index in [2.05, 4.69) is 43.5 Å². The average molecular weight is 712 g/mol. The van der Waals surface area contributed by atoms with Gasteiger partial charge in [-0.25, -0.2) is 0 Å². The number of carbonyl (C=O) groups excluding carboxylic acids is 4. The molecule has 2 saturated heterocycles. The molecule has 8 atom stereocenters. The van der Waals surface area contributed by atoms with Gasteiger partial charge in [-0.2, -0.15) is 0 Å². The molecule has 1 N–H and O–H groups in total. The van der Waals surface area contributed by atoms with Crippen LogP contribution in [0.4, 0.5) is 0 Å². The third-order valence-electron chi connectivity index (χ3n) is 12.1. The molecule has 3 rings (SSSR count). The van der Waals surface area contributed by atoms with E-state index in [1.165, 1.54) is 0 Å². The fourth-order valence-corrected chi connectivity index (χ4v) is 8.47. The summed E-state index contributed by atoms with van der Waals surface area (Å²) in [6, 6.07) is -0.560. The van der Waals surface area contributed by atoms with E-state index in [0.29, 0.717) is 18.9 Å². The van der Waals surface area contributed by atoms with Crippen molar-refractivity contribution >= 4 is 23.4 Å². The number of allylic oxidation sites excluding steroid dienone is 6. The predicted octanol–water partition coefficient (Wildman–Crippen LogP) is 6.71. The normalized spacial score (nSPS) is 24.5. The number of likely N-dealkylation sites (tertiary alicyclic amines) is 1. The maximum absolute atomic E-state index is 14.3. The van der Waals surface area contributed by atoms with Crippen LogP contribution in [0.2, 0.25) is 0 Å². The molecule has 0 bridgehead atoms. The monoisotopic (exact) mass is 712 g/mol. The van der Waals surface area contributed by atoms with Gasteiger partial charge in [0.05, 0.1) is 36.3 Å². The molecule has 0 saturated carbocycles. The van der Waals surface area contributed by atoms with Crippen molar-refractivity contribution < 1.29 is 28.7 Å². The third kappa shape index (κ3) is 11.4. The molecule has 51 heavy (non-hydrogen) atoms. The zero-order valence-corrected chi connectivity index (χ0v) is 33.2. The van der Waals surface area contributed by atoms with E-state index in [0.717, 1.165) is 57.9 Å². The lowest BCUT2D eigenvalue weighted by Crippen LogP contribution is -2.55. The van der Waals surface area contributed by atoms with Crippen molar-refractivity contribution in [3.05, 3.63) is 36.5 Å². The minimum absolute atomic E-state index is 0.0277. The highest BCUT2D eigenvalue weighted by Gasteiger charge is 2.43. The van der Waals surface area contributed by atoms with Crippen LogP contribution in [0.15, 0.2) is 36.5 Å². The van der Waals surface area contributed by atoms with Crippen molar-refractivity contribution in [2.45, 2.75) is 142 Å². The van der Waals surface area contributed by atoms with Gasteiger partial charge in [-0.15, -0.1) is 0 Å². The molecule has 0 unspecified atom stereocenters. The molecule has 2 fully saturated rings. The molecule has 288 valence electrons. The number of hydrogen-bond acceptors (Lipinski definition) is 7. The van der Waals surface area contributed by atoms with Gasteiger partial charge in [0, 0.05) is 52.5 Å². The standard InChI is InChI=1S/C42H69N3O6/c1-10-30(4)39(44(7)41(49)33(29(2)3)27-37(47)42(6)24-15-16-25-43-42)36(50-8)28-38(48)45-26-18-22-34(45)40(51-9)31(5)35(46)23-17-21-32-19-13-11-12-14-20-32/h11-14,19-20,29-34,36,39-40,43H,10,15-18,21-28H2,1-9H3/t30-,31-,33-,34-,36+,39-,40+,42-/m0/s1. The number of nitrogens with one attached hydrogen (secondary N) is 1. The van der Waals surface area contributed by atoms with Gasteiger partial charge in [-0.05, 0) is 76.2 Å². The van der Waals surface area contributed by atoms with Crippen molar-refractivity contribution in [3.63, 3.8) is 0 Å². The summed E-state index contributed by atoms with van der Waals surface area (Å²) in [7, 11) is 5.06. The summed E-state index contributed by atoms with van der Waals surface area (Å²) < 4.78 is 12.0. The van der Waals surface area contributed by atoms with Gasteiger partial charge >= 0.3 is 0 Å². The van der Waals surface area contributed by atoms with Crippen LogP contribution in [-0.4, -0.2) is 97.4 Å². The van der Waals surface area contributed by atoms with Gasteiger partial charge in [0.2, 0.25) is 11.8 Å². The number of Topliss-reactive ketones (excluding diaryl/α,β-unsaturated/α-hetero) is 2. The third-order valence-corrected chi connectivity index (χ3v) is 12.1. The molecule has 2 aliphatic heterocycles. The lowest BCUT2D eigenvalue weighted by atomic mass is 9.79. The van der Waals surface area contributed by atoms with E-state index in [-0.39, 0.29) is 66.1 Å². The molecular formula is C42H69N3O6. The predicted molar refractivity (Wildman–Crippen MR) is 204 cm³/mol. The van der Waals surface area contributed by atoms with Crippen LogP contribution in [0.1, 0.15) is 112 Å². The zero-order valence-electron chi connectivity index (χ0n) is 33.2. The Kier molecular flexibility index (Phi) is 17.3. The van der Waals surface area contributed by atoms with E-state index in [4.69, 9.17) is 9.47 Å². The lowest BCUT2D eigenvalue weighted by Gasteiger charge is -2.41. The van der Waals surface area contributed by atoms with Gasteiger partial charge in [0.1, 0.15) is 5.78 Å². The highest BCUT2D eigenvalue weighted by molar-refractivity contribution is 5.92. The van der Waals surface area contributed by atoms with Gasteiger partial charge in [0.15, 0.2) is 5.78 Å². The summed E-state index contributed by atoms with van der Waals surface area (Å²) in [6.45, 7) is 13.5. The van der Waals surface area contributed by atoms with Crippen molar-refractivity contribution in [1.29, 1.82) is 0 Å². The number of nitrogens with zero attached hydrogens (tertiary/aromatic N) is 2. The molecule has 3 aliphatic rings. The Morgan fingerprint density at radius 1 is 0.961 bits per heavy atom. The number of ketones is 2. The lowest BCUT2D eigenvalue weighted by molar-refractivity contribution is -0.149. The second-order valence-electron chi connectivity index (χ2n) is 16.0. The SMILES string of the molecule is CC[C@H](C)[C@@H]([C@@H](CC(=O)N1CCC[C@H]1[C@H](OC)[C@@H](C)C(=O)CCCC1C=CC=CC=C1)OC)N(C)C(=O)[C@@H](CC(=O)[C@]1(C)CCCCN1)C(C)C. The second-order valence-corrected chi connectivity index (χ2v) is 16.0. The molecule has 0 radical (unpaired) electrons. The highest BCUT2D eigenvalue weighted by atomic mass is 16.5. The van der Waals surface area contributed by atoms with Crippen molar-refractivity contribution in [2.24, 2.45) is 29.6 Å². The molecular weight excluding hydrogens is 642 g/mol. The Morgan fingerprint density at radius 2 is 1.65 bits per heavy atom. The smallest absolute Gasteiger partial charge is 0.226 e. The number of amides is 2. The first-order chi connectivity index (χ1) is 24.3. The molecule has 9 nitrogen and oxygen atoms in total. The first kappa shape index (κ1) is 42.8. The van der Waals surface area contributed by atoms with E-state index in [1.807, 2.05) is 51.8 Å². The van der Waals surface area contributed by atoms with Gasteiger partial charge < -0.3 is 24.6 Å². The highest BCUT2D eigenvalue weighted by Crippen LogP contribution is 2.32. The Morgan fingerprint density at radius 3 is 2.22 bits per heavy atom. The molecule has 2 amide bonds. The van der Waals surface area contributed by atoms with Crippen LogP contribution in [0.3, 0.4) is 0 Å². The first-order valence-corrected chi connectivity index (χ1v) is 19.7. The van der Waals surface area contributed by atoms with E-state index in [1.54, 1.807) is 19.1 Å². The van der Waals surface area contributed by atoms with E-state index >= 15 is 0 Å². The van der Waals surface area contributed by atoms with E-state index < -0.39 is 23.7 Å². The zero-order chi connectivity index (χ0) is 37.7. The molecule has 2 heterocycles. The van der Waals surface area contributed by atoms with Gasteiger partial charge in [-0.1, -0.05) is 77.5 Å². The maximum atomic E-state index is 14.3. The maximum Gasteiger partial charge on any atom is 0.226 e. The summed E-state index contributed by atoms with van der Waals surface area (Å²) in [5.74, 6) is -0.327. The van der Waals surface area contributed by atoms with Crippen LogP contribution in [-0.2, 0) is 28.7 Å². The Hall–Kier alpha value is -2.62. The van der Waals surface area contributed by atoms with Crippen LogP contribution in [0.5, 0.6) is 0 Å². The fraction of sp³-hybridized carbons (Fsp3) is 0.762. The number of piperidine rings is 1. The number of carbonyl (C=O) groups is 4. The largest absolute Gasteiger partial charge is 0.379 e. The quantitative estimate of drug-likeness (QED) is 0.150. The van der Waals surface area contributed by atoms with Crippen LogP contribution >= 0.6 is 0 Å². The summed E-state index contributed by atoms with van der Waals surface area (Å²) in [5, 5.41) is 3.41. The van der Waals surface area contributed by atoms with Crippen LogP contribution < -0.4 is 5.32 Å². The summed E-state index contributed by atoms with van der Waals surface area (Å²) in [6.07, 6.45) is 19.3. The van der Waals surface area contributed by atoms with Gasteiger partial charge in [0.25, 0.3) is 0 Å². The molecule has 0 spiro atoms. The number of likely N-dealkylation sites (N-methyl/N-ethyl adjacent to an activating group) is 1. The van der Waals surface area contributed by atoms with Crippen molar-refractivity contribution in [2.75, 3.05) is 34.4 Å². The molecule has 0 aromatic carbocycles. The van der Waals surface area contributed by atoms with Crippen LogP contribution in [0, 0.1) is 29.6 Å². The fourth-order valence-electron chi connectivity index (χ4n) is 8.47. The van der Waals surface area contributed by atoms with Crippen LogP contribution in [0.25, 0.3) is 0 Å². The summed E-state index contributed by atoms with van der Waals surface area (Å²) in [4.78, 5) is 59.1. The average Bonchev–Trinajstić information content (AvgIpc) is 3.45. The molecule has 1 aliphatic carbocycles. The first-order valence-electron chi connectivity index (χ1n) is 19.7. The summed E-state index contributed by atoms with van der Waals surface area (Å²) in [5.41, 5.74) is -0.599. The number of rotatable bonds is 20. The Bertz CT molecular complexity index is 1220. The number of methoxy groups -OCH3 is 2. The van der Waals surface area contributed by atoms with Crippen molar-refractivity contribution in [3.8, 4) is 0 Å². The topological polar surface area (TPSA) is 105 Å². The minimum Gasteiger partial charge on any atom is -0.379 e.